The number of amides is 1. The first-order valence-electron chi connectivity index (χ1n) is 10.8. The zero-order valence-electron chi connectivity index (χ0n) is 18.4. The molecule has 0 radical (unpaired) electrons. The van der Waals surface area contributed by atoms with Crippen molar-refractivity contribution in [1.29, 1.82) is 0 Å². The number of carbonyl (C=O) groups excluding carboxylic acids is 2. The van der Waals surface area contributed by atoms with Crippen LogP contribution in [0.2, 0.25) is 0 Å². The molecule has 0 saturated heterocycles. The molecule has 1 aromatic heterocycles. The van der Waals surface area contributed by atoms with E-state index in [1.807, 2.05) is 31.2 Å². The molecule has 0 unspecified atom stereocenters. The van der Waals surface area contributed by atoms with Gasteiger partial charge in [0.15, 0.2) is 5.78 Å². The highest BCUT2D eigenvalue weighted by Gasteiger charge is 2.39. The molecule has 30 heavy (non-hydrogen) atoms. The predicted octanol–water partition coefficient (Wildman–Crippen LogP) is 5.46. The van der Waals surface area contributed by atoms with Gasteiger partial charge in [-0.1, -0.05) is 38.3 Å². The number of benzene rings is 1. The van der Waals surface area contributed by atoms with E-state index in [0.29, 0.717) is 17.8 Å². The van der Waals surface area contributed by atoms with Crippen molar-refractivity contribution < 1.29 is 14.3 Å². The maximum atomic E-state index is 13.1. The average Bonchev–Trinajstić information content (AvgIpc) is 2.67. The van der Waals surface area contributed by atoms with E-state index in [1.54, 1.807) is 20.8 Å². The van der Waals surface area contributed by atoms with Gasteiger partial charge in [-0.25, -0.2) is 9.78 Å². The fourth-order valence-electron chi connectivity index (χ4n) is 3.94. The van der Waals surface area contributed by atoms with E-state index in [-0.39, 0.29) is 11.7 Å². The number of ether oxygens (including phenoxy) is 1. The van der Waals surface area contributed by atoms with Gasteiger partial charge < -0.3 is 10.1 Å². The van der Waals surface area contributed by atoms with Crippen molar-refractivity contribution in [2.45, 2.75) is 83.8 Å². The first-order chi connectivity index (χ1) is 14.2. The molecule has 7 heteroatoms. The zero-order valence-corrected chi connectivity index (χ0v) is 18.4. The van der Waals surface area contributed by atoms with Crippen LogP contribution in [-0.4, -0.2) is 33.0 Å². The van der Waals surface area contributed by atoms with E-state index in [2.05, 4.69) is 20.6 Å². The highest BCUT2D eigenvalue weighted by atomic mass is 16.6. The standard InChI is InChI=1S/C23H32N4O3/c1-5-11-18(28)23(14-9-6-10-15-23)27-19-16-12-7-8-13-17(16)24-20(25-19)26-21(29)30-22(2,3)4/h7-8,12-13H,5-6,9-11,14-15H2,1-4H3,(H2,24,25,26,27,29). The Morgan fingerprint density at radius 3 is 2.47 bits per heavy atom. The van der Waals surface area contributed by atoms with Crippen molar-refractivity contribution in [3.8, 4) is 0 Å². The summed E-state index contributed by atoms with van der Waals surface area (Å²) in [7, 11) is 0. The van der Waals surface area contributed by atoms with E-state index in [0.717, 1.165) is 43.9 Å². The highest BCUT2D eigenvalue weighted by Crippen LogP contribution is 2.35. The zero-order chi connectivity index (χ0) is 21.8. The van der Waals surface area contributed by atoms with Crippen LogP contribution in [0, 0.1) is 0 Å². The van der Waals surface area contributed by atoms with Crippen molar-refractivity contribution in [2.24, 2.45) is 0 Å². The summed E-state index contributed by atoms with van der Waals surface area (Å²) in [6.45, 7) is 7.42. The summed E-state index contributed by atoms with van der Waals surface area (Å²) in [6, 6.07) is 7.59. The van der Waals surface area contributed by atoms with E-state index >= 15 is 0 Å². The lowest BCUT2D eigenvalue weighted by Gasteiger charge is -2.37. The first kappa shape index (κ1) is 22.0. The van der Waals surface area contributed by atoms with Gasteiger partial charge in [0.05, 0.1) is 11.1 Å². The van der Waals surface area contributed by atoms with E-state index in [9.17, 15) is 9.59 Å². The minimum atomic E-state index is -0.624. The lowest BCUT2D eigenvalue weighted by molar-refractivity contribution is -0.124. The number of nitrogens with one attached hydrogen (secondary N) is 2. The van der Waals surface area contributed by atoms with Crippen LogP contribution in [0.3, 0.4) is 0 Å². The van der Waals surface area contributed by atoms with Gasteiger partial charge in [-0.05, 0) is 52.2 Å². The van der Waals surface area contributed by atoms with Crippen LogP contribution in [0.25, 0.3) is 10.9 Å². The highest BCUT2D eigenvalue weighted by molar-refractivity contribution is 5.96. The summed E-state index contributed by atoms with van der Waals surface area (Å²) >= 11 is 0. The number of hydrogen-bond acceptors (Lipinski definition) is 6. The van der Waals surface area contributed by atoms with E-state index < -0.39 is 17.2 Å². The van der Waals surface area contributed by atoms with E-state index in [4.69, 9.17) is 4.74 Å². The molecule has 0 spiro atoms. The van der Waals surface area contributed by atoms with Gasteiger partial charge in [0, 0.05) is 11.8 Å². The number of aromatic nitrogens is 2. The summed E-state index contributed by atoms with van der Waals surface area (Å²) in [6.07, 6.45) is 5.48. The summed E-state index contributed by atoms with van der Waals surface area (Å²) in [5.74, 6) is 0.950. The lowest BCUT2D eigenvalue weighted by Crippen LogP contribution is -2.48. The molecule has 0 atom stereocenters. The second-order valence-corrected chi connectivity index (χ2v) is 8.98. The maximum Gasteiger partial charge on any atom is 0.414 e. The van der Waals surface area contributed by atoms with Crippen LogP contribution in [0.15, 0.2) is 24.3 Å². The Morgan fingerprint density at radius 1 is 1.10 bits per heavy atom. The normalized spacial score (nSPS) is 16.1. The SMILES string of the molecule is CCCC(=O)C1(Nc2nc(NC(=O)OC(C)(C)C)nc3ccccc23)CCCCC1. The number of fused-ring (bicyclic) bond motifs is 1. The van der Waals surface area contributed by atoms with Crippen LogP contribution in [0.5, 0.6) is 0 Å². The van der Waals surface area contributed by atoms with Crippen LogP contribution in [0.1, 0.15) is 72.6 Å². The van der Waals surface area contributed by atoms with Gasteiger partial charge in [0.25, 0.3) is 0 Å². The summed E-state index contributed by atoms with van der Waals surface area (Å²) in [5.41, 5.74) is -0.551. The Balaban J connectivity index is 1.97. The smallest absolute Gasteiger partial charge is 0.414 e. The number of rotatable bonds is 6. The van der Waals surface area contributed by atoms with Gasteiger partial charge in [0.1, 0.15) is 11.4 Å². The molecule has 1 aromatic carbocycles. The largest absolute Gasteiger partial charge is 0.444 e. The topological polar surface area (TPSA) is 93.2 Å². The predicted molar refractivity (Wildman–Crippen MR) is 119 cm³/mol. The Hall–Kier alpha value is -2.70. The van der Waals surface area contributed by atoms with Gasteiger partial charge >= 0.3 is 6.09 Å². The van der Waals surface area contributed by atoms with E-state index in [1.165, 1.54) is 0 Å². The Morgan fingerprint density at radius 2 is 1.80 bits per heavy atom. The number of ketones is 1. The molecule has 1 fully saturated rings. The van der Waals surface area contributed by atoms with Crippen molar-refractivity contribution in [2.75, 3.05) is 10.6 Å². The number of para-hydroxylation sites is 1. The minimum absolute atomic E-state index is 0.152. The third-order valence-electron chi connectivity index (χ3n) is 5.29. The number of nitrogens with zero attached hydrogens (tertiary/aromatic N) is 2. The molecule has 1 aliphatic rings. The quantitative estimate of drug-likeness (QED) is 0.654. The van der Waals surface area contributed by atoms with Gasteiger partial charge in [0.2, 0.25) is 5.95 Å². The molecular formula is C23H32N4O3. The molecule has 0 aliphatic heterocycles. The molecular weight excluding hydrogens is 380 g/mol. The maximum absolute atomic E-state index is 13.1. The molecule has 0 bridgehead atoms. The molecule has 1 amide bonds. The van der Waals surface area contributed by atoms with Crippen LogP contribution >= 0.6 is 0 Å². The molecule has 162 valence electrons. The van der Waals surface area contributed by atoms with Crippen LogP contribution in [-0.2, 0) is 9.53 Å². The van der Waals surface area contributed by atoms with Gasteiger partial charge in [-0.3, -0.25) is 10.1 Å². The first-order valence-corrected chi connectivity index (χ1v) is 10.8. The van der Waals surface area contributed by atoms with Crippen molar-refractivity contribution in [3.63, 3.8) is 0 Å². The second kappa shape index (κ2) is 8.98. The molecule has 1 aliphatic carbocycles. The number of Topliss-reactive ketones (excluding diaryl/α,β-unsaturated/α-hetero) is 1. The second-order valence-electron chi connectivity index (χ2n) is 8.98. The molecule has 2 N–H and O–H groups in total. The fraction of sp³-hybridized carbons (Fsp3) is 0.565. The monoisotopic (exact) mass is 412 g/mol. The summed E-state index contributed by atoms with van der Waals surface area (Å²) < 4.78 is 5.33. The van der Waals surface area contributed by atoms with Crippen molar-refractivity contribution >= 4 is 34.5 Å². The van der Waals surface area contributed by atoms with Gasteiger partial charge in [-0.15, -0.1) is 0 Å². The van der Waals surface area contributed by atoms with Crippen LogP contribution in [0.4, 0.5) is 16.6 Å². The molecule has 7 nitrogen and oxygen atoms in total. The minimum Gasteiger partial charge on any atom is -0.444 e. The lowest BCUT2D eigenvalue weighted by atomic mass is 9.77. The fourth-order valence-corrected chi connectivity index (χ4v) is 3.94. The number of anilines is 2. The van der Waals surface area contributed by atoms with Crippen LogP contribution < -0.4 is 10.6 Å². The Kier molecular flexibility index (Phi) is 6.58. The molecule has 1 heterocycles. The number of carbonyl (C=O) groups is 2. The van der Waals surface area contributed by atoms with Crippen molar-refractivity contribution in [3.05, 3.63) is 24.3 Å². The third-order valence-corrected chi connectivity index (χ3v) is 5.29. The summed E-state index contributed by atoms with van der Waals surface area (Å²) in [5, 5.41) is 6.94. The Labute approximate surface area is 178 Å². The third kappa shape index (κ3) is 5.26. The molecule has 1 saturated carbocycles. The molecule has 2 aromatic rings. The Bertz CT molecular complexity index is 914. The van der Waals surface area contributed by atoms with Gasteiger partial charge in [-0.2, -0.15) is 4.98 Å². The number of hydrogen-bond donors (Lipinski definition) is 2. The average molecular weight is 413 g/mol. The summed E-state index contributed by atoms with van der Waals surface area (Å²) in [4.78, 5) is 34.3. The molecule has 3 rings (SSSR count). The van der Waals surface area contributed by atoms with Crippen molar-refractivity contribution in [1.82, 2.24) is 9.97 Å².